The number of likely N-dealkylation sites (N-methyl/N-ethyl adjacent to an activating group) is 1. The minimum Gasteiger partial charge on any atom is -0.379 e. The highest BCUT2D eigenvalue weighted by Crippen LogP contribution is 2.28. The Labute approximate surface area is 175 Å². The van der Waals surface area contributed by atoms with Crippen molar-refractivity contribution in [3.8, 4) is 0 Å². The number of halogens is 1. The van der Waals surface area contributed by atoms with E-state index in [1.807, 2.05) is 0 Å². The van der Waals surface area contributed by atoms with E-state index >= 15 is 0 Å². The van der Waals surface area contributed by atoms with Gasteiger partial charge in [0.2, 0.25) is 15.9 Å². The highest BCUT2D eigenvalue weighted by Gasteiger charge is 2.29. The lowest BCUT2D eigenvalue weighted by Crippen LogP contribution is -2.41. The summed E-state index contributed by atoms with van der Waals surface area (Å²) in [6.07, 6.45) is -0.654. The average Bonchev–Trinajstić information content (AvgIpc) is 2.69. The van der Waals surface area contributed by atoms with Crippen molar-refractivity contribution in [3.05, 3.63) is 23.2 Å². The van der Waals surface area contributed by atoms with Crippen LogP contribution in [0.1, 0.15) is 13.8 Å². The third kappa shape index (κ3) is 6.13. The van der Waals surface area contributed by atoms with Crippen molar-refractivity contribution in [2.24, 2.45) is 0 Å². The van der Waals surface area contributed by atoms with E-state index in [0.717, 1.165) is 0 Å². The van der Waals surface area contributed by atoms with Crippen molar-refractivity contribution >= 4 is 39.1 Å². The maximum atomic E-state index is 12.9. The molecule has 1 aromatic rings. The number of anilines is 1. The number of amides is 2. The summed E-state index contributed by atoms with van der Waals surface area (Å²) in [4.78, 5) is 25.6. The van der Waals surface area contributed by atoms with E-state index in [4.69, 9.17) is 21.1 Å². The molecule has 9 nitrogen and oxygen atoms in total. The van der Waals surface area contributed by atoms with E-state index in [-0.39, 0.29) is 41.1 Å². The van der Waals surface area contributed by atoms with E-state index in [2.05, 4.69) is 5.32 Å². The van der Waals surface area contributed by atoms with Gasteiger partial charge in [-0.2, -0.15) is 4.31 Å². The fraction of sp³-hybridized carbons (Fsp3) is 0.556. The zero-order valence-corrected chi connectivity index (χ0v) is 18.3. The topological polar surface area (TPSA) is 105 Å². The first kappa shape index (κ1) is 23.6. The van der Waals surface area contributed by atoms with Gasteiger partial charge in [-0.25, -0.2) is 8.42 Å². The Morgan fingerprint density at radius 2 is 2.00 bits per heavy atom. The van der Waals surface area contributed by atoms with Crippen LogP contribution in [0.15, 0.2) is 23.1 Å². The van der Waals surface area contributed by atoms with Crippen molar-refractivity contribution in [1.29, 1.82) is 0 Å². The Balaban J connectivity index is 2.09. The molecule has 1 aliphatic rings. The maximum absolute atomic E-state index is 12.9. The largest absolute Gasteiger partial charge is 0.379 e. The van der Waals surface area contributed by atoms with E-state index in [1.54, 1.807) is 13.8 Å². The number of nitrogens with zero attached hydrogens (tertiary/aromatic N) is 2. The summed E-state index contributed by atoms with van der Waals surface area (Å²) in [6, 6.07) is 4.23. The molecule has 29 heavy (non-hydrogen) atoms. The Morgan fingerprint density at radius 1 is 1.34 bits per heavy atom. The maximum Gasteiger partial charge on any atom is 0.251 e. The van der Waals surface area contributed by atoms with Gasteiger partial charge in [0.15, 0.2) is 0 Å². The molecule has 1 saturated heterocycles. The molecule has 11 heteroatoms. The van der Waals surface area contributed by atoms with E-state index in [1.165, 1.54) is 34.5 Å². The summed E-state index contributed by atoms with van der Waals surface area (Å²) in [5.41, 5.74) is 0.268. The summed E-state index contributed by atoms with van der Waals surface area (Å²) in [7, 11) is -2.32. The van der Waals surface area contributed by atoms with Crippen molar-refractivity contribution < 1.29 is 27.5 Å². The molecule has 2 rings (SSSR count). The lowest BCUT2D eigenvalue weighted by molar-refractivity contribution is -0.142. The summed E-state index contributed by atoms with van der Waals surface area (Å²) >= 11 is 6.11. The molecule has 1 N–H and O–H groups in total. The van der Waals surface area contributed by atoms with Crippen LogP contribution in [-0.2, 0) is 29.1 Å². The smallest absolute Gasteiger partial charge is 0.251 e. The number of hydrogen-bond acceptors (Lipinski definition) is 6. The molecule has 1 unspecified atom stereocenters. The van der Waals surface area contributed by atoms with Crippen molar-refractivity contribution in [1.82, 2.24) is 9.21 Å². The Kier molecular flexibility index (Phi) is 8.41. The van der Waals surface area contributed by atoms with Gasteiger partial charge in [-0.05, 0) is 32.0 Å². The number of morpholine rings is 1. The number of carbonyl (C=O) groups excluding carboxylic acids is 2. The SMILES string of the molecule is CCOC(C)C(=O)N(C)CC(=O)Nc1ccc(Cl)c(S(=O)(=O)N2CCOCC2)c1. The average molecular weight is 448 g/mol. The monoisotopic (exact) mass is 447 g/mol. The molecule has 1 aliphatic heterocycles. The van der Waals surface area contributed by atoms with Crippen LogP contribution >= 0.6 is 11.6 Å². The highest BCUT2D eigenvalue weighted by molar-refractivity contribution is 7.89. The van der Waals surface area contributed by atoms with Crippen LogP contribution in [0.3, 0.4) is 0 Å². The number of benzene rings is 1. The van der Waals surface area contributed by atoms with Crippen LogP contribution in [0.4, 0.5) is 5.69 Å². The van der Waals surface area contributed by atoms with Gasteiger partial charge < -0.3 is 19.7 Å². The third-order valence-electron chi connectivity index (χ3n) is 4.32. The summed E-state index contributed by atoms with van der Waals surface area (Å²) in [5, 5.41) is 2.66. The van der Waals surface area contributed by atoms with Crippen LogP contribution in [0.25, 0.3) is 0 Å². The van der Waals surface area contributed by atoms with E-state index < -0.39 is 22.0 Å². The second-order valence-corrected chi connectivity index (χ2v) is 8.82. The fourth-order valence-electron chi connectivity index (χ4n) is 2.83. The molecule has 0 saturated carbocycles. The van der Waals surface area contributed by atoms with Crippen molar-refractivity contribution in [2.75, 3.05) is 51.8 Å². The zero-order valence-electron chi connectivity index (χ0n) is 16.7. The molecule has 1 heterocycles. The number of carbonyl (C=O) groups is 2. The quantitative estimate of drug-likeness (QED) is 0.641. The minimum absolute atomic E-state index is 0.0623. The normalized spacial score (nSPS) is 16.3. The number of sulfonamides is 1. The Hall–Kier alpha value is -1.72. The van der Waals surface area contributed by atoms with Crippen LogP contribution < -0.4 is 5.32 Å². The summed E-state index contributed by atoms with van der Waals surface area (Å²) in [5.74, 6) is -0.796. The fourth-order valence-corrected chi connectivity index (χ4v) is 4.74. The van der Waals surface area contributed by atoms with Gasteiger partial charge in [-0.3, -0.25) is 9.59 Å². The molecule has 0 radical (unpaired) electrons. The molecule has 0 aliphatic carbocycles. The van der Waals surface area contributed by atoms with Gasteiger partial charge in [0.05, 0.1) is 24.8 Å². The first-order chi connectivity index (χ1) is 13.7. The number of hydrogen-bond donors (Lipinski definition) is 1. The van der Waals surface area contributed by atoms with Gasteiger partial charge in [0.1, 0.15) is 11.0 Å². The second-order valence-electron chi connectivity index (χ2n) is 6.50. The number of rotatable bonds is 8. The van der Waals surface area contributed by atoms with Crippen LogP contribution in [0, 0.1) is 0 Å². The molecule has 0 aromatic heterocycles. The van der Waals surface area contributed by atoms with Gasteiger partial charge in [-0.1, -0.05) is 11.6 Å². The van der Waals surface area contributed by atoms with E-state index in [9.17, 15) is 18.0 Å². The summed E-state index contributed by atoms with van der Waals surface area (Å²) in [6.45, 7) is 4.67. The third-order valence-corrected chi connectivity index (χ3v) is 6.70. The highest BCUT2D eigenvalue weighted by atomic mass is 35.5. The molecule has 162 valence electrons. The predicted octanol–water partition coefficient (Wildman–Crippen LogP) is 1.18. The van der Waals surface area contributed by atoms with Gasteiger partial charge in [0.25, 0.3) is 5.91 Å². The molecule has 1 fully saturated rings. The molecule has 0 bridgehead atoms. The number of nitrogens with one attached hydrogen (secondary N) is 1. The first-order valence-corrected chi connectivity index (χ1v) is 11.0. The Morgan fingerprint density at radius 3 is 2.62 bits per heavy atom. The molecular formula is C18H26ClN3O6S. The lowest BCUT2D eigenvalue weighted by Gasteiger charge is -2.26. The van der Waals surface area contributed by atoms with Crippen LogP contribution in [-0.4, -0.2) is 82.0 Å². The summed E-state index contributed by atoms with van der Waals surface area (Å²) < 4.78 is 37.4. The Bertz CT molecular complexity index is 842. The first-order valence-electron chi connectivity index (χ1n) is 9.20. The number of ether oxygens (including phenoxy) is 2. The van der Waals surface area contributed by atoms with Crippen molar-refractivity contribution in [2.45, 2.75) is 24.8 Å². The van der Waals surface area contributed by atoms with Gasteiger partial charge in [-0.15, -0.1) is 0 Å². The molecule has 0 spiro atoms. The van der Waals surface area contributed by atoms with Gasteiger partial charge >= 0.3 is 0 Å². The zero-order chi connectivity index (χ0) is 21.6. The molecule has 1 aromatic carbocycles. The second kappa shape index (κ2) is 10.4. The van der Waals surface area contributed by atoms with Crippen LogP contribution in [0.5, 0.6) is 0 Å². The minimum atomic E-state index is -3.82. The van der Waals surface area contributed by atoms with Gasteiger partial charge in [0, 0.05) is 32.4 Å². The molecular weight excluding hydrogens is 422 g/mol. The standard InChI is InChI=1S/C18H26ClN3O6S/c1-4-28-13(2)18(24)21(3)12-17(23)20-14-5-6-15(19)16(11-14)29(25,26)22-7-9-27-10-8-22/h5-6,11,13H,4,7-10,12H2,1-3H3,(H,20,23). The lowest BCUT2D eigenvalue weighted by atomic mass is 10.3. The van der Waals surface area contributed by atoms with Crippen LogP contribution in [0.2, 0.25) is 5.02 Å². The van der Waals surface area contributed by atoms with E-state index in [0.29, 0.717) is 19.8 Å². The predicted molar refractivity (Wildman–Crippen MR) is 108 cm³/mol. The van der Waals surface area contributed by atoms with Crippen molar-refractivity contribution in [3.63, 3.8) is 0 Å². The molecule has 1 atom stereocenters. The molecule has 2 amide bonds.